The summed E-state index contributed by atoms with van der Waals surface area (Å²) in [6, 6.07) is 4.65. The molecule has 11 N–H and O–H groups in total. The molecule has 202 valence electrons. The van der Waals surface area contributed by atoms with Crippen LogP contribution in [0.1, 0.15) is 32.3 Å². The van der Waals surface area contributed by atoms with E-state index >= 15 is 0 Å². The Hall–Kier alpha value is -4.13. The number of amides is 3. The van der Waals surface area contributed by atoms with E-state index in [9.17, 15) is 19.2 Å². The molecule has 3 amide bonds. The zero-order valence-electron chi connectivity index (χ0n) is 21.0. The van der Waals surface area contributed by atoms with E-state index in [2.05, 4.69) is 25.9 Å². The van der Waals surface area contributed by atoms with Crippen LogP contribution in [-0.2, 0) is 25.6 Å². The number of H-pyrrole nitrogens is 1. The Labute approximate surface area is 214 Å². The first kappa shape index (κ1) is 29.1. The van der Waals surface area contributed by atoms with E-state index < -0.39 is 48.4 Å². The van der Waals surface area contributed by atoms with Gasteiger partial charge in [0.05, 0.1) is 6.04 Å². The van der Waals surface area contributed by atoms with Gasteiger partial charge in [0.2, 0.25) is 17.7 Å². The monoisotopic (exact) mass is 516 g/mol. The second-order valence-electron chi connectivity index (χ2n) is 9.02. The third-order valence-electron chi connectivity index (χ3n) is 5.69. The van der Waals surface area contributed by atoms with Gasteiger partial charge in [0.25, 0.3) is 0 Å². The fraction of sp³-hybridized carbons (Fsp3) is 0.458. The number of para-hydroxylation sites is 1. The van der Waals surface area contributed by atoms with Gasteiger partial charge in [0.1, 0.15) is 18.6 Å². The van der Waals surface area contributed by atoms with Gasteiger partial charge in [0.15, 0.2) is 5.96 Å². The number of rotatable bonds is 14. The summed E-state index contributed by atoms with van der Waals surface area (Å²) >= 11 is 0. The SMILES string of the molecule is CC(C)C(NC(=O)C(CCCN=C(N)N)NC(=O)C(N)Cc1c[nH]c2ccccc12)C(=O)NCC(=O)O. The van der Waals surface area contributed by atoms with Gasteiger partial charge < -0.3 is 43.2 Å². The molecule has 0 aliphatic heterocycles. The summed E-state index contributed by atoms with van der Waals surface area (Å²) in [5.41, 5.74) is 18.7. The minimum atomic E-state index is -1.21. The quantitative estimate of drug-likeness (QED) is 0.0871. The van der Waals surface area contributed by atoms with Gasteiger partial charge in [-0.2, -0.15) is 0 Å². The van der Waals surface area contributed by atoms with Crippen LogP contribution in [0, 0.1) is 5.92 Å². The van der Waals surface area contributed by atoms with Crippen molar-refractivity contribution in [2.24, 2.45) is 28.1 Å². The molecular formula is C24H36N8O5. The first-order valence-corrected chi connectivity index (χ1v) is 12.0. The molecule has 13 heteroatoms. The highest BCUT2D eigenvalue weighted by Gasteiger charge is 2.30. The number of aliphatic imine (C=N–C) groups is 1. The average Bonchev–Trinajstić information content (AvgIpc) is 3.24. The van der Waals surface area contributed by atoms with Crippen molar-refractivity contribution in [3.8, 4) is 0 Å². The highest BCUT2D eigenvalue weighted by atomic mass is 16.4. The number of hydrogen-bond donors (Lipinski definition) is 8. The molecular weight excluding hydrogens is 480 g/mol. The molecule has 1 heterocycles. The third-order valence-corrected chi connectivity index (χ3v) is 5.69. The first-order chi connectivity index (χ1) is 17.5. The minimum Gasteiger partial charge on any atom is -0.480 e. The number of carbonyl (C=O) groups is 4. The lowest BCUT2D eigenvalue weighted by molar-refractivity contribution is -0.139. The number of guanidine groups is 1. The summed E-state index contributed by atoms with van der Waals surface area (Å²) in [5.74, 6) is -3.45. The smallest absolute Gasteiger partial charge is 0.322 e. The van der Waals surface area contributed by atoms with E-state index in [1.54, 1.807) is 20.0 Å². The lowest BCUT2D eigenvalue weighted by Gasteiger charge is -2.26. The number of aromatic nitrogens is 1. The number of nitrogens with one attached hydrogen (secondary N) is 4. The van der Waals surface area contributed by atoms with E-state index in [0.717, 1.165) is 16.5 Å². The van der Waals surface area contributed by atoms with Crippen molar-refractivity contribution < 1.29 is 24.3 Å². The van der Waals surface area contributed by atoms with Crippen LogP contribution in [-0.4, -0.2) is 71.0 Å². The molecule has 37 heavy (non-hydrogen) atoms. The zero-order valence-corrected chi connectivity index (χ0v) is 21.0. The van der Waals surface area contributed by atoms with Crippen LogP contribution in [0.5, 0.6) is 0 Å². The Balaban J connectivity index is 2.11. The van der Waals surface area contributed by atoms with Crippen molar-refractivity contribution >= 4 is 40.6 Å². The van der Waals surface area contributed by atoms with Crippen LogP contribution in [0.3, 0.4) is 0 Å². The topological polar surface area (TPSA) is 231 Å². The van der Waals surface area contributed by atoms with E-state index in [0.29, 0.717) is 6.42 Å². The minimum absolute atomic E-state index is 0.0965. The molecule has 1 aromatic heterocycles. The number of hydrogen-bond acceptors (Lipinski definition) is 6. The molecule has 2 rings (SSSR count). The highest BCUT2D eigenvalue weighted by molar-refractivity contribution is 5.94. The second kappa shape index (κ2) is 13.8. The second-order valence-corrected chi connectivity index (χ2v) is 9.02. The van der Waals surface area contributed by atoms with Crippen molar-refractivity contribution in [1.82, 2.24) is 20.9 Å². The molecule has 3 atom stereocenters. The van der Waals surface area contributed by atoms with Gasteiger partial charge in [-0.3, -0.25) is 24.2 Å². The Morgan fingerprint density at radius 1 is 1.05 bits per heavy atom. The molecule has 0 aliphatic rings. The van der Waals surface area contributed by atoms with Crippen molar-refractivity contribution in [1.29, 1.82) is 0 Å². The molecule has 0 aliphatic carbocycles. The summed E-state index contributed by atoms with van der Waals surface area (Å²) in [6.45, 7) is 3.05. The Morgan fingerprint density at radius 2 is 1.76 bits per heavy atom. The number of benzene rings is 1. The van der Waals surface area contributed by atoms with Crippen molar-refractivity contribution in [3.05, 3.63) is 36.0 Å². The maximum Gasteiger partial charge on any atom is 0.322 e. The van der Waals surface area contributed by atoms with Crippen molar-refractivity contribution in [2.75, 3.05) is 13.1 Å². The van der Waals surface area contributed by atoms with Crippen LogP contribution in [0.25, 0.3) is 10.9 Å². The average molecular weight is 517 g/mol. The summed E-state index contributed by atoms with van der Waals surface area (Å²) in [4.78, 5) is 56.4. The van der Waals surface area contributed by atoms with Gasteiger partial charge in [-0.25, -0.2) is 0 Å². The summed E-state index contributed by atoms with van der Waals surface area (Å²) < 4.78 is 0. The summed E-state index contributed by atoms with van der Waals surface area (Å²) in [7, 11) is 0. The van der Waals surface area contributed by atoms with Gasteiger partial charge in [0, 0.05) is 23.6 Å². The molecule has 3 unspecified atom stereocenters. The standard InChI is InChI=1S/C24H36N8O5/c1-13(2)20(23(37)30-12-19(33)34)32-22(36)18(8-5-9-28-24(26)27)31-21(35)16(25)10-14-11-29-17-7-4-3-6-15(14)17/h3-4,6-7,11,13,16,18,20,29H,5,8-10,12,25H2,1-2H3,(H,30,37)(H,31,35)(H,32,36)(H,33,34)(H4,26,27,28). The molecule has 1 aromatic carbocycles. The molecule has 13 nitrogen and oxygen atoms in total. The predicted molar refractivity (Wildman–Crippen MR) is 139 cm³/mol. The van der Waals surface area contributed by atoms with E-state index in [1.807, 2.05) is 24.3 Å². The van der Waals surface area contributed by atoms with Gasteiger partial charge in [-0.05, 0) is 36.8 Å². The zero-order chi connectivity index (χ0) is 27.5. The molecule has 0 spiro atoms. The number of aliphatic carboxylic acids is 1. The Kier molecular flexibility index (Phi) is 10.9. The molecule has 0 saturated carbocycles. The van der Waals surface area contributed by atoms with Crippen LogP contribution in [0.15, 0.2) is 35.5 Å². The predicted octanol–water partition coefficient (Wildman–Crippen LogP) is -1.08. The summed E-state index contributed by atoms with van der Waals surface area (Å²) in [6.07, 6.45) is 2.58. The molecule has 0 bridgehead atoms. The number of nitrogens with zero attached hydrogens (tertiary/aromatic N) is 1. The number of carboxylic acids is 1. The van der Waals surface area contributed by atoms with Crippen molar-refractivity contribution in [2.45, 2.75) is 51.2 Å². The lowest BCUT2D eigenvalue weighted by atomic mass is 10.0. The first-order valence-electron chi connectivity index (χ1n) is 12.0. The van der Waals surface area contributed by atoms with E-state index in [-0.39, 0.29) is 31.3 Å². The van der Waals surface area contributed by atoms with Gasteiger partial charge >= 0.3 is 5.97 Å². The normalized spacial score (nSPS) is 13.4. The lowest BCUT2D eigenvalue weighted by Crippen LogP contribution is -2.57. The van der Waals surface area contributed by atoms with E-state index in [1.165, 1.54) is 0 Å². The number of nitrogens with two attached hydrogens (primary N) is 3. The van der Waals surface area contributed by atoms with E-state index in [4.69, 9.17) is 22.3 Å². The van der Waals surface area contributed by atoms with Gasteiger partial charge in [-0.15, -0.1) is 0 Å². The molecule has 0 radical (unpaired) electrons. The summed E-state index contributed by atoms with van der Waals surface area (Å²) in [5, 5.41) is 17.3. The highest BCUT2D eigenvalue weighted by Crippen LogP contribution is 2.19. The van der Waals surface area contributed by atoms with Gasteiger partial charge in [-0.1, -0.05) is 32.0 Å². The van der Waals surface area contributed by atoms with Crippen LogP contribution >= 0.6 is 0 Å². The van der Waals surface area contributed by atoms with Crippen LogP contribution in [0.4, 0.5) is 0 Å². The Morgan fingerprint density at radius 3 is 2.41 bits per heavy atom. The van der Waals surface area contributed by atoms with Crippen molar-refractivity contribution in [3.63, 3.8) is 0 Å². The maximum absolute atomic E-state index is 13.1. The Bertz CT molecular complexity index is 1130. The number of fused-ring (bicyclic) bond motifs is 1. The molecule has 0 fully saturated rings. The molecule has 2 aromatic rings. The third kappa shape index (κ3) is 9.11. The number of aromatic amines is 1. The molecule has 0 saturated heterocycles. The fourth-order valence-electron chi connectivity index (χ4n) is 3.74. The van der Waals surface area contributed by atoms with Crippen LogP contribution < -0.4 is 33.2 Å². The van der Waals surface area contributed by atoms with Crippen LogP contribution in [0.2, 0.25) is 0 Å². The largest absolute Gasteiger partial charge is 0.480 e. The fourth-order valence-corrected chi connectivity index (χ4v) is 3.74. The number of carbonyl (C=O) groups excluding carboxylic acids is 3. The maximum atomic E-state index is 13.1. The number of carboxylic acid groups (broad SMARTS) is 1.